The lowest BCUT2D eigenvalue weighted by Gasteiger charge is -2.18. The minimum atomic E-state index is -4.85. The third kappa shape index (κ3) is 2.80. The fraction of sp³-hybridized carbons (Fsp3) is 0.0588. The number of rotatable bonds is 2. The Labute approximate surface area is 139 Å². The molecule has 24 heavy (non-hydrogen) atoms. The van der Waals surface area contributed by atoms with Crippen molar-refractivity contribution in [2.75, 3.05) is 0 Å². The summed E-state index contributed by atoms with van der Waals surface area (Å²) in [5.74, 6) is -1.65. The minimum absolute atomic E-state index is 0.0807. The van der Waals surface area contributed by atoms with Crippen LogP contribution >= 0.6 is 11.6 Å². The van der Waals surface area contributed by atoms with Crippen LogP contribution in [0.15, 0.2) is 48.7 Å². The van der Waals surface area contributed by atoms with E-state index in [2.05, 4.69) is 4.98 Å². The molecule has 0 aliphatic heterocycles. The molecule has 7 heteroatoms. The molecule has 1 aromatic heterocycles. The molecule has 0 radical (unpaired) electrons. The largest absolute Gasteiger partial charge is 0.478 e. The van der Waals surface area contributed by atoms with E-state index in [9.17, 15) is 23.1 Å². The van der Waals surface area contributed by atoms with E-state index in [0.717, 1.165) is 6.07 Å². The number of carbonyl (C=O) groups is 1. The third-order valence-corrected chi connectivity index (χ3v) is 3.79. The van der Waals surface area contributed by atoms with Gasteiger partial charge >= 0.3 is 12.1 Å². The molecule has 0 atom stereocenters. The molecule has 2 aromatic carbocycles. The molecule has 3 rings (SSSR count). The number of hydrogen-bond donors (Lipinski definition) is 1. The van der Waals surface area contributed by atoms with E-state index in [1.54, 1.807) is 0 Å². The van der Waals surface area contributed by atoms with E-state index in [0.29, 0.717) is 10.4 Å². The fourth-order valence-corrected chi connectivity index (χ4v) is 2.71. The van der Waals surface area contributed by atoms with Gasteiger partial charge in [0.25, 0.3) is 0 Å². The molecule has 0 aliphatic rings. The van der Waals surface area contributed by atoms with Crippen LogP contribution < -0.4 is 0 Å². The predicted molar refractivity (Wildman–Crippen MR) is 84.2 cm³/mol. The van der Waals surface area contributed by atoms with Crippen molar-refractivity contribution in [3.8, 4) is 11.1 Å². The molecule has 0 saturated carbocycles. The average Bonchev–Trinajstić information content (AvgIpc) is 2.53. The summed E-state index contributed by atoms with van der Waals surface area (Å²) in [5, 5.41) is 9.94. The Morgan fingerprint density at radius 1 is 1.12 bits per heavy atom. The Bertz CT molecular complexity index is 937. The van der Waals surface area contributed by atoms with Crippen molar-refractivity contribution in [2.24, 2.45) is 0 Å². The van der Waals surface area contributed by atoms with Crippen LogP contribution in [0, 0.1) is 0 Å². The third-order valence-electron chi connectivity index (χ3n) is 3.54. The summed E-state index contributed by atoms with van der Waals surface area (Å²) in [4.78, 5) is 15.4. The molecular formula is C17H9ClF3NO2. The van der Waals surface area contributed by atoms with Gasteiger partial charge in [-0.3, -0.25) is 4.98 Å². The lowest BCUT2D eigenvalue weighted by Crippen LogP contribution is -2.15. The smallest absolute Gasteiger partial charge is 0.417 e. The van der Waals surface area contributed by atoms with Gasteiger partial charge in [-0.2, -0.15) is 13.2 Å². The molecule has 0 spiro atoms. The van der Waals surface area contributed by atoms with Crippen LogP contribution in [0.1, 0.15) is 15.9 Å². The normalized spacial score (nSPS) is 11.7. The summed E-state index contributed by atoms with van der Waals surface area (Å²) < 4.78 is 40.9. The van der Waals surface area contributed by atoms with Gasteiger partial charge in [-0.05, 0) is 29.8 Å². The minimum Gasteiger partial charge on any atom is -0.478 e. The quantitative estimate of drug-likeness (QED) is 0.684. The Morgan fingerprint density at radius 3 is 2.38 bits per heavy atom. The summed E-state index contributed by atoms with van der Waals surface area (Å²) in [6.45, 7) is 0. The number of carboxylic acid groups (broad SMARTS) is 1. The second-order valence-corrected chi connectivity index (χ2v) is 5.50. The summed E-state index contributed by atoms with van der Waals surface area (Å²) in [6.07, 6.45) is -3.49. The SMILES string of the molecule is O=C(O)c1cc2cccnc2c(-c2ccc(Cl)cc2)c1C(F)(F)F. The number of nitrogens with zero attached hydrogens (tertiary/aromatic N) is 1. The number of alkyl halides is 3. The number of hydrogen-bond acceptors (Lipinski definition) is 2. The van der Waals surface area contributed by atoms with Crippen LogP contribution in [0.5, 0.6) is 0 Å². The highest BCUT2D eigenvalue weighted by Crippen LogP contribution is 2.43. The summed E-state index contributed by atoms with van der Waals surface area (Å²) in [5.41, 5.74) is -2.03. The second kappa shape index (κ2) is 5.79. The average molecular weight is 352 g/mol. The van der Waals surface area contributed by atoms with Crippen molar-refractivity contribution in [3.63, 3.8) is 0 Å². The monoisotopic (exact) mass is 351 g/mol. The topological polar surface area (TPSA) is 50.2 Å². The molecular weight excluding hydrogens is 343 g/mol. The molecule has 3 nitrogen and oxygen atoms in total. The lowest BCUT2D eigenvalue weighted by molar-refractivity contribution is -0.137. The van der Waals surface area contributed by atoms with Crippen molar-refractivity contribution in [1.82, 2.24) is 4.98 Å². The standard InChI is InChI=1S/C17H9ClF3NO2/c18-11-5-3-9(4-6-11)13-14(17(19,20)21)12(16(23)24)8-10-2-1-7-22-15(10)13/h1-8H,(H,23,24). The highest BCUT2D eigenvalue weighted by molar-refractivity contribution is 6.30. The van der Waals surface area contributed by atoms with Crippen LogP contribution in [0.25, 0.3) is 22.0 Å². The van der Waals surface area contributed by atoms with Gasteiger partial charge in [0, 0.05) is 22.2 Å². The number of aromatic nitrogens is 1. The van der Waals surface area contributed by atoms with Crippen LogP contribution in [0.3, 0.4) is 0 Å². The molecule has 1 N–H and O–H groups in total. The van der Waals surface area contributed by atoms with Gasteiger partial charge in [0.15, 0.2) is 0 Å². The van der Waals surface area contributed by atoms with Gasteiger partial charge in [-0.25, -0.2) is 4.79 Å². The van der Waals surface area contributed by atoms with Crippen molar-refractivity contribution in [3.05, 3.63) is 64.8 Å². The molecule has 1 heterocycles. The molecule has 3 aromatic rings. The Kier molecular flexibility index (Phi) is 3.93. The van der Waals surface area contributed by atoms with Crippen molar-refractivity contribution in [1.29, 1.82) is 0 Å². The number of carboxylic acids is 1. The Balaban J connectivity index is 2.51. The molecule has 0 fully saturated rings. The summed E-state index contributed by atoms with van der Waals surface area (Å²) >= 11 is 5.80. The van der Waals surface area contributed by atoms with Crippen LogP contribution in [0.4, 0.5) is 13.2 Å². The van der Waals surface area contributed by atoms with Gasteiger partial charge < -0.3 is 5.11 Å². The zero-order valence-electron chi connectivity index (χ0n) is 11.9. The van der Waals surface area contributed by atoms with Crippen LogP contribution in [-0.4, -0.2) is 16.1 Å². The molecule has 0 saturated heterocycles. The predicted octanol–water partition coefficient (Wildman–Crippen LogP) is 5.27. The zero-order valence-corrected chi connectivity index (χ0v) is 12.7. The molecule has 0 bridgehead atoms. The summed E-state index contributed by atoms with van der Waals surface area (Å²) in [7, 11) is 0. The maximum Gasteiger partial charge on any atom is 0.417 e. The Morgan fingerprint density at radius 2 is 1.79 bits per heavy atom. The van der Waals surface area contributed by atoms with Gasteiger partial charge in [0.05, 0.1) is 16.6 Å². The van der Waals surface area contributed by atoms with Crippen molar-refractivity contribution in [2.45, 2.75) is 6.18 Å². The first-order chi connectivity index (χ1) is 11.3. The number of aromatic carboxylic acids is 1. The second-order valence-electron chi connectivity index (χ2n) is 5.06. The highest BCUT2D eigenvalue weighted by atomic mass is 35.5. The Hall–Kier alpha value is -2.60. The zero-order chi connectivity index (χ0) is 17.5. The van der Waals surface area contributed by atoms with Crippen LogP contribution in [0.2, 0.25) is 5.02 Å². The number of benzene rings is 2. The van der Waals surface area contributed by atoms with Crippen LogP contribution in [-0.2, 0) is 6.18 Å². The van der Waals surface area contributed by atoms with Gasteiger partial charge in [-0.1, -0.05) is 29.8 Å². The highest BCUT2D eigenvalue weighted by Gasteiger charge is 2.39. The van der Waals surface area contributed by atoms with E-state index >= 15 is 0 Å². The van der Waals surface area contributed by atoms with Gasteiger partial charge in [0.1, 0.15) is 0 Å². The van der Waals surface area contributed by atoms with E-state index in [4.69, 9.17) is 11.6 Å². The van der Waals surface area contributed by atoms with Gasteiger partial charge in [0.2, 0.25) is 0 Å². The fourth-order valence-electron chi connectivity index (χ4n) is 2.58. The first kappa shape index (κ1) is 16.3. The summed E-state index contributed by atoms with van der Waals surface area (Å²) in [6, 6.07) is 9.76. The number of fused-ring (bicyclic) bond motifs is 1. The first-order valence-corrected chi connectivity index (χ1v) is 7.15. The molecule has 122 valence electrons. The van der Waals surface area contributed by atoms with Crippen molar-refractivity contribution >= 4 is 28.5 Å². The maximum atomic E-state index is 13.6. The first-order valence-electron chi connectivity index (χ1n) is 6.77. The maximum absolute atomic E-state index is 13.6. The molecule has 0 amide bonds. The van der Waals surface area contributed by atoms with Gasteiger partial charge in [-0.15, -0.1) is 0 Å². The van der Waals surface area contributed by atoms with E-state index < -0.39 is 23.3 Å². The van der Waals surface area contributed by atoms with E-state index in [1.165, 1.54) is 42.6 Å². The number of pyridine rings is 1. The molecule has 0 aliphatic carbocycles. The van der Waals surface area contributed by atoms with E-state index in [1.807, 2.05) is 0 Å². The number of halogens is 4. The van der Waals surface area contributed by atoms with Crippen molar-refractivity contribution < 1.29 is 23.1 Å². The molecule has 0 unspecified atom stereocenters. The van der Waals surface area contributed by atoms with E-state index in [-0.39, 0.29) is 16.6 Å². The lowest BCUT2D eigenvalue weighted by atomic mass is 9.91.